The highest BCUT2D eigenvalue weighted by Gasteiger charge is 2.25. The van der Waals surface area contributed by atoms with Gasteiger partial charge in [0.05, 0.1) is 0 Å². The van der Waals surface area contributed by atoms with E-state index < -0.39 is 42.4 Å². The normalized spacial score (nSPS) is 17.5. The topological polar surface area (TPSA) is 244 Å². The van der Waals surface area contributed by atoms with Crippen molar-refractivity contribution in [3.63, 3.8) is 0 Å². The van der Waals surface area contributed by atoms with Crippen LogP contribution in [0.3, 0.4) is 0 Å². The standard InChI is InChI=1S/C31H46N6O8/c32-15-3-1-7-22-9-10-23(19-22)20-24(8-2-4-16-33)21-34-17-5-6-18-35-27(38)13-11-25(29(41)42)36-31(45)37-26(30(43)44)12-14-28(39)40/h1-4,7-8,15-16,20,23,25-26,32,34H,5-6,9-14,17-19,21,33H2,(H,35,38)(H,39,40)(H,41,42)(H,43,44)(H2,36,37,45)/b3-1-,8-2-,16-4-,22-7-,24-20+,32-15?/t23-,25-,26-/m0/s1. The number of unbranched alkanes of at least 4 members (excludes halogenated alkanes) is 1. The molecule has 14 nitrogen and oxygen atoms in total. The Hall–Kier alpha value is -4.72. The Kier molecular flexibility index (Phi) is 19.4. The zero-order chi connectivity index (χ0) is 33.5. The molecule has 1 rings (SSSR count). The van der Waals surface area contributed by atoms with Gasteiger partial charge in [-0.2, -0.15) is 0 Å². The number of amides is 3. The number of carboxylic acid groups (broad SMARTS) is 3. The van der Waals surface area contributed by atoms with E-state index in [1.54, 1.807) is 12.2 Å². The number of carbonyl (C=O) groups is 5. The fraction of sp³-hybridized carbons (Fsp3) is 0.484. The van der Waals surface area contributed by atoms with Crippen LogP contribution in [0, 0.1) is 11.3 Å². The Morgan fingerprint density at radius 1 is 0.911 bits per heavy atom. The van der Waals surface area contributed by atoms with Gasteiger partial charge in [-0.05, 0) is 81.3 Å². The Morgan fingerprint density at radius 3 is 2.20 bits per heavy atom. The highest BCUT2D eigenvalue weighted by molar-refractivity contribution is 5.86. The van der Waals surface area contributed by atoms with Crippen LogP contribution in [0.25, 0.3) is 0 Å². The lowest BCUT2D eigenvalue weighted by Gasteiger charge is -2.18. The molecule has 3 atom stereocenters. The van der Waals surface area contributed by atoms with Crippen molar-refractivity contribution < 1.29 is 39.3 Å². The molecule has 0 aromatic carbocycles. The zero-order valence-electron chi connectivity index (χ0n) is 25.4. The Morgan fingerprint density at radius 2 is 1.58 bits per heavy atom. The zero-order valence-corrected chi connectivity index (χ0v) is 25.4. The van der Waals surface area contributed by atoms with E-state index in [-0.39, 0.29) is 25.2 Å². The van der Waals surface area contributed by atoms with Gasteiger partial charge in [-0.15, -0.1) is 0 Å². The number of urea groups is 1. The maximum Gasteiger partial charge on any atom is 0.326 e. The first-order valence-electron chi connectivity index (χ1n) is 14.9. The van der Waals surface area contributed by atoms with Crippen molar-refractivity contribution in [3.05, 3.63) is 59.9 Å². The molecule has 248 valence electrons. The third-order valence-corrected chi connectivity index (χ3v) is 6.83. The first-order chi connectivity index (χ1) is 21.5. The first-order valence-corrected chi connectivity index (χ1v) is 14.9. The largest absolute Gasteiger partial charge is 0.481 e. The highest BCUT2D eigenvalue weighted by Crippen LogP contribution is 2.32. The van der Waals surface area contributed by atoms with Gasteiger partial charge in [-0.1, -0.05) is 36.0 Å². The third-order valence-electron chi connectivity index (χ3n) is 6.83. The molecule has 0 bridgehead atoms. The third kappa shape index (κ3) is 18.5. The number of aliphatic carboxylic acids is 3. The smallest absolute Gasteiger partial charge is 0.326 e. The van der Waals surface area contributed by atoms with E-state index >= 15 is 0 Å². The summed E-state index contributed by atoms with van der Waals surface area (Å²) in [7, 11) is 0. The molecular weight excluding hydrogens is 584 g/mol. The van der Waals surface area contributed by atoms with Crippen LogP contribution in [0.4, 0.5) is 4.79 Å². The van der Waals surface area contributed by atoms with Crippen molar-refractivity contribution in [2.24, 2.45) is 11.7 Å². The fourth-order valence-electron chi connectivity index (χ4n) is 4.51. The quantitative estimate of drug-likeness (QED) is 0.0479. The molecule has 0 saturated heterocycles. The lowest BCUT2D eigenvalue weighted by atomic mass is 10.0. The SMILES string of the molecule is N=C/C=C\C=C1\CC[C@H](\C=C(/C=C\C=C/N)CNCCCCNC(=O)CC[C@H](NC(=O)N[C@@H](CCC(=O)O)C(=O)O)C(=O)O)C1. The summed E-state index contributed by atoms with van der Waals surface area (Å²) in [5.74, 6) is -4.04. The van der Waals surface area contributed by atoms with E-state index in [0.29, 0.717) is 25.4 Å². The number of carbonyl (C=O) groups excluding carboxylic acids is 2. The molecule has 1 aliphatic carbocycles. The minimum absolute atomic E-state index is 0.175. The molecule has 0 unspecified atom stereocenters. The van der Waals surface area contributed by atoms with Gasteiger partial charge in [0.15, 0.2) is 0 Å². The molecule has 0 spiro atoms. The Bertz CT molecular complexity index is 1160. The van der Waals surface area contributed by atoms with Crippen molar-refractivity contribution >= 4 is 36.1 Å². The molecule has 1 saturated carbocycles. The van der Waals surface area contributed by atoms with Gasteiger partial charge in [-0.25, -0.2) is 14.4 Å². The van der Waals surface area contributed by atoms with Crippen LogP contribution in [0.1, 0.15) is 57.8 Å². The molecule has 0 aliphatic heterocycles. The molecule has 14 heteroatoms. The van der Waals surface area contributed by atoms with E-state index in [1.165, 1.54) is 18.0 Å². The summed E-state index contributed by atoms with van der Waals surface area (Å²) in [6, 6.07) is -4.04. The molecule has 45 heavy (non-hydrogen) atoms. The summed E-state index contributed by atoms with van der Waals surface area (Å²) in [6.45, 7) is 1.79. The van der Waals surface area contributed by atoms with E-state index in [4.69, 9.17) is 21.4 Å². The van der Waals surface area contributed by atoms with Crippen molar-refractivity contribution in [3.8, 4) is 0 Å². The van der Waals surface area contributed by atoms with Crippen LogP contribution in [0.15, 0.2) is 59.9 Å². The second kappa shape index (κ2) is 22.8. The van der Waals surface area contributed by atoms with Crippen LogP contribution in [-0.4, -0.2) is 83.1 Å². The maximum atomic E-state index is 12.2. The van der Waals surface area contributed by atoms with Crippen molar-refractivity contribution in [1.29, 1.82) is 5.41 Å². The number of carboxylic acids is 3. The van der Waals surface area contributed by atoms with Crippen LogP contribution in [0.2, 0.25) is 0 Å². The minimum Gasteiger partial charge on any atom is -0.481 e. The lowest BCUT2D eigenvalue weighted by molar-refractivity contribution is -0.141. The molecule has 0 aromatic heterocycles. The van der Waals surface area contributed by atoms with Gasteiger partial charge in [0.1, 0.15) is 12.1 Å². The summed E-state index contributed by atoms with van der Waals surface area (Å²) in [6.07, 6.45) is 19.7. The number of nitrogens with two attached hydrogens (primary N) is 1. The number of hydrogen-bond donors (Lipinski definition) is 9. The van der Waals surface area contributed by atoms with E-state index in [9.17, 15) is 29.1 Å². The molecule has 1 fully saturated rings. The van der Waals surface area contributed by atoms with Gasteiger partial charge < -0.3 is 47.7 Å². The minimum atomic E-state index is -1.51. The monoisotopic (exact) mass is 630 g/mol. The highest BCUT2D eigenvalue weighted by atomic mass is 16.4. The van der Waals surface area contributed by atoms with Crippen molar-refractivity contribution in [2.45, 2.75) is 69.9 Å². The summed E-state index contributed by atoms with van der Waals surface area (Å²) >= 11 is 0. The maximum absolute atomic E-state index is 12.2. The predicted molar refractivity (Wildman–Crippen MR) is 170 cm³/mol. The number of rotatable bonds is 22. The number of nitrogens with one attached hydrogen (secondary N) is 5. The van der Waals surface area contributed by atoms with Crippen LogP contribution < -0.4 is 27.0 Å². The molecule has 0 heterocycles. The lowest BCUT2D eigenvalue weighted by Crippen LogP contribution is -2.51. The van der Waals surface area contributed by atoms with E-state index in [0.717, 1.165) is 37.8 Å². The molecule has 0 aromatic rings. The Labute approximate surface area is 263 Å². The van der Waals surface area contributed by atoms with Crippen molar-refractivity contribution in [1.82, 2.24) is 21.3 Å². The summed E-state index contributed by atoms with van der Waals surface area (Å²) in [5, 5.41) is 44.6. The molecule has 1 aliphatic rings. The molecular formula is C31H46N6O8. The fourth-order valence-corrected chi connectivity index (χ4v) is 4.51. The second-order valence-corrected chi connectivity index (χ2v) is 10.5. The van der Waals surface area contributed by atoms with Gasteiger partial charge in [0.25, 0.3) is 0 Å². The van der Waals surface area contributed by atoms with Gasteiger partial charge in [-0.3, -0.25) is 9.59 Å². The van der Waals surface area contributed by atoms with E-state index in [1.807, 2.05) is 23.5 Å². The first kappa shape index (κ1) is 38.3. The van der Waals surface area contributed by atoms with Crippen LogP contribution in [-0.2, 0) is 19.2 Å². The summed E-state index contributed by atoms with van der Waals surface area (Å²) in [5.41, 5.74) is 7.97. The Balaban J connectivity index is 2.40. The van der Waals surface area contributed by atoms with Crippen molar-refractivity contribution in [2.75, 3.05) is 19.6 Å². The molecule has 0 radical (unpaired) electrons. The molecule has 10 N–H and O–H groups in total. The number of hydrogen-bond acceptors (Lipinski definition) is 8. The van der Waals surface area contributed by atoms with Crippen LogP contribution >= 0.6 is 0 Å². The van der Waals surface area contributed by atoms with Gasteiger partial charge in [0, 0.05) is 32.1 Å². The summed E-state index contributed by atoms with van der Waals surface area (Å²) < 4.78 is 0. The second-order valence-electron chi connectivity index (χ2n) is 10.5. The van der Waals surface area contributed by atoms with E-state index in [2.05, 4.69) is 28.1 Å². The van der Waals surface area contributed by atoms with Gasteiger partial charge >= 0.3 is 23.9 Å². The number of allylic oxidation sites excluding steroid dienone is 7. The molecule has 3 amide bonds. The predicted octanol–water partition coefficient (Wildman–Crippen LogP) is 2.21. The average molecular weight is 631 g/mol. The van der Waals surface area contributed by atoms with Crippen LogP contribution in [0.5, 0.6) is 0 Å². The summed E-state index contributed by atoms with van der Waals surface area (Å²) in [4.78, 5) is 57.7. The average Bonchev–Trinajstić information content (AvgIpc) is 3.43. The van der Waals surface area contributed by atoms with Gasteiger partial charge in [0.2, 0.25) is 5.91 Å².